The molecule has 0 saturated heterocycles. The first kappa shape index (κ1) is 13.7. The van der Waals surface area contributed by atoms with E-state index < -0.39 is 15.4 Å². The molecule has 0 aliphatic rings. The first-order valence-electron chi connectivity index (χ1n) is 5.23. The zero-order chi connectivity index (χ0) is 13.1. The van der Waals surface area contributed by atoms with E-state index in [0.29, 0.717) is 6.54 Å². The minimum Gasteiger partial charge on any atom is -0.336 e. The van der Waals surface area contributed by atoms with Gasteiger partial charge in [0.15, 0.2) is 5.03 Å². The van der Waals surface area contributed by atoms with Crippen LogP contribution in [0.4, 0.5) is 0 Å². The highest BCUT2D eigenvalue weighted by atomic mass is 32.2. The van der Waals surface area contributed by atoms with Crippen molar-refractivity contribution in [2.45, 2.75) is 32.3 Å². The Balaban J connectivity index is 2.80. The van der Waals surface area contributed by atoms with Gasteiger partial charge in [0.25, 0.3) is 10.0 Å². The van der Waals surface area contributed by atoms with Gasteiger partial charge in [0, 0.05) is 19.3 Å². The van der Waals surface area contributed by atoms with Crippen LogP contribution in [-0.4, -0.2) is 24.5 Å². The van der Waals surface area contributed by atoms with Crippen LogP contribution in [0.2, 0.25) is 0 Å². The monoisotopic (exact) mass is 256 g/mol. The van der Waals surface area contributed by atoms with Gasteiger partial charge in [0.2, 0.25) is 0 Å². The number of nitrogens with zero attached hydrogens (tertiary/aromatic N) is 3. The third kappa shape index (κ3) is 3.54. The molecule has 0 aliphatic heterocycles. The molecule has 94 valence electrons. The molecular weight excluding hydrogens is 240 g/mol. The normalized spacial score (nSPS) is 12.4. The van der Waals surface area contributed by atoms with E-state index in [9.17, 15) is 8.42 Å². The van der Waals surface area contributed by atoms with Crippen LogP contribution < -0.4 is 4.72 Å². The van der Waals surface area contributed by atoms with Crippen LogP contribution in [0.15, 0.2) is 17.6 Å². The van der Waals surface area contributed by atoms with E-state index in [-0.39, 0.29) is 11.6 Å². The van der Waals surface area contributed by atoms with Crippen molar-refractivity contribution in [2.24, 2.45) is 5.41 Å². The third-order valence-electron chi connectivity index (χ3n) is 2.26. The number of sulfonamides is 1. The van der Waals surface area contributed by atoms with Crippen LogP contribution in [0.5, 0.6) is 0 Å². The zero-order valence-corrected chi connectivity index (χ0v) is 11.0. The maximum atomic E-state index is 11.8. The molecule has 0 unspecified atom stereocenters. The lowest BCUT2D eigenvalue weighted by Crippen LogP contribution is -2.33. The number of nitriles is 1. The molecule has 1 heterocycles. The molecule has 1 aromatic heterocycles. The Bertz CT molecular complexity index is 525. The molecule has 0 radical (unpaired) electrons. The lowest BCUT2D eigenvalue weighted by atomic mass is 9.97. The van der Waals surface area contributed by atoms with Crippen LogP contribution in [0.3, 0.4) is 0 Å². The molecule has 0 spiro atoms. The Hall–Kier alpha value is -1.39. The maximum Gasteiger partial charge on any atom is 0.259 e. The Labute approximate surface area is 101 Å². The minimum atomic E-state index is -3.63. The molecule has 0 atom stereocenters. The largest absolute Gasteiger partial charge is 0.336 e. The molecule has 6 nitrogen and oxygen atoms in total. The van der Waals surface area contributed by atoms with E-state index in [0.717, 1.165) is 0 Å². The molecular formula is C10H16N4O2S. The number of aryl methyl sites for hydroxylation is 1. The minimum absolute atomic E-state index is 0.0203. The van der Waals surface area contributed by atoms with Crippen LogP contribution in [0.25, 0.3) is 0 Å². The standard InChI is InChI=1S/C10H16N4O2S/c1-4-14-5-9(12-8-14)17(15,16)13-7-10(2,3)6-11/h5,8,13H,4,7H2,1-3H3. The van der Waals surface area contributed by atoms with Crippen molar-refractivity contribution in [1.29, 1.82) is 5.26 Å². The molecule has 1 N–H and O–H groups in total. The Morgan fingerprint density at radius 3 is 2.71 bits per heavy atom. The molecule has 0 fully saturated rings. The first-order chi connectivity index (χ1) is 7.80. The summed E-state index contributed by atoms with van der Waals surface area (Å²) in [5.41, 5.74) is -0.736. The van der Waals surface area contributed by atoms with E-state index in [1.807, 2.05) is 13.0 Å². The zero-order valence-electron chi connectivity index (χ0n) is 10.1. The van der Waals surface area contributed by atoms with E-state index >= 15 is 0 Å². The van der Waals surface area contributed by atoms with Gasteiger partial charge in [-0.3, -0.25) is 0 Å². The number of aromatic nitrogens is 2. The highest BCUT2D eigenvalue weighted by Gasteiger charge is 2.23. The second-order valence-electron chi connectivity index (χ2n) is 4.36. The van der Waals surface area contributed by atoms with Crippen molar-refractivity contribution in [3.8, 4) is 6.07 Å². The molecule has 0 aliphatic carbocycles. The molecule has 7 heteroatoms. The summed E-state index contributed by atoms with van der Waals surface area (Å²) in [5.74, 6) is 0. The number of hydrogen-bond donors (Lipinski definition) is 1. The maximum absolute atomic E-state index is 11.8. The summed E-state index contributed by atoms with van der Waals surface area (Å²) in [6.07, 6.45) is 2.92. The number of hydrogen-bond acceptors (Lipinski definition) is 4. The second kappa shape index (κ2) is 4.85. The van der Waals surface area contributed by atoms with Crippen molar-refractivity contribution in [1.82, 2.24) is 14.3 Å². The van der Waals surface area contributed by atoms with Crippen molar-refractivity contribution in [3.05, 3.63) is 12.5 Å². The van der Waals surface area contributed by atoms with Gasteiger partial charge in [-0.2, -0.15) is 5.26 Å². The van der Waals surface area contributed by atoms with Gasteiger partial charge in [-0.05, 0) is 20.8 Å². The quantitative estimate of drug-likeness (QED) is 0.841. The fourth-order valence-electron chi connectivity index (χ4n) is 1.04. The Morgan fingerprint density at radius 1 is 1.59 bits per heavy atom. The average molecular weight is 256 g/mol. The lowest BCUT2D eigenvalue weighted by molar-refractivity contribution is 0.478. The van der Waals surface area contributed by atoms with E-state index in [1.165, 1.54) is 12.5 Å². The predicted octanol–water partition coefficient (Wildman–Crippen LogP) is 0.731. The lowest BCUT2D eigenvalue weighted by Gasteiger charge is -2.14. The van der Waals surface area contributed by atoms with Crippen LogP contribution in [0.1, 0.15) is 20.8 Å². The third-order valence-corrected chi connectivity index (χ3v) is 3.54. The van der Waals surface area contributed by atoms with Crippen LogP contribution >= 0.6 is 0 Å². The van der Waals surface area contributed by atoms with Crippen LogP contribution in [0, 0.1) is 16.7 Å². The number of nitrogens with one attached hydrogen (secondary N) is 1. The van der Waals surface area contributed by atoms with E-state index in [2.05, 4.69) is 9.71 Å². The number of imidazole rings is 1. The fraction of sp³-hybridized carbons (Fsp3) is 0.600. The summed E-state index contributed by atoms with van der Waals surface area (Å²) in [4.78, 5) is 3.81. The summed E-state index contributed by atoms with van der Waals surface area (Å²) in [5, 5.41) is 8.78. The van der Waals surface area contributed by atoms with Gasteiger partial charge in [-0.15, -0.1) is 0 Å². The van der Waals surface area contributed by atoms with Crippen molar-refractivity contribution in [3.63, 3.8) is 0 Å². The van der Waals surface area contributed by atoms with Crippen molar-refractivity contribution >= 4 is 10.0 Å². The molecule has 1 aromatic rings. The van der Waals surface area contributed by atoms with Gasteiger partial charge in [-0.1, -0.05) is 0 Å². The summed E-state index contributed by atoms with van der Waals surface area (Å²) in [6, 6.07) is 2.03. The molecule has 0 bridgehead atoms. The summed E-state index contributed by atoms with van der Waals surface area (Å²) in [7, 11) is -3.63. The van der Waals surface area contributed by atoms with Gasteiger partial charge in [0.05, 0.1) is 17.8 Å². The first-order valence-corrected chi connectivity index (χ1v) is 6.72. The molecule has 1 rings (SSSR count). The molecule has 0 amide bonds. The molecule has 17 heavy (non-hydrogen) atoms. The highest BCUT2D eigenvalue weighted by molar-refractivity contribution is 7.89. The van der Waals surface area contributed by atoms with Gasteiger partial charge >= 0.3 is 0 Å². The summed E-state index contributed by atoms with van der Waals surface area (Å²) < 4.78 is 27.7. The smallest absolute Gasteiger partial charge is 0.259 e. The molecule has 0 aromatic carbocycles. The van der Waals surface area contributed by atoms with Crippen molar-refractivity contribution < 1.29 is 8.42 Å². The summed E-state index contributed by atoms with van der Waals surface area (Å²) >= 11 is 0. The topological polar surface area (TPSA) is 87.8 Å². The summed E-state index contributed by atoms with van der Waals surface area (Å²) in [6.45, 7) is 5.95. The van der Waals surface area contributed by atoms with E-state index in [1.54, 1.807) is 18.4 Å². The van der Waals surface area contributed by atoms with E-state index in [4.69, 9.17) is 5.26 Å². The second-order valence-corrected chi connectivity index (χ2v) is 6.08. The highest BCUT2D eigenvalue weighted by Crippen LogP contribution is 2.13. The number of rotatable bonds is 5. The Kier molecular flexibility index (Phi) is 3.91. The van der Waals surface area contributed by atoms with Gasteiger partial charge < -0.3 is 4.57 Å². The molecule has 0 saturated carbocycles. The fourth-order valence-corrected chi connectivity index (χ4v) is 2.20. The van der Waals surface area contributed by atoms with Crippen LogP contribution in [-0.2, 0) is 16.6 Å². The van der Waals surface area contributed by atoms with Gasteiger partial charge in [0.1, 0.15) is 0 Å². The SMILES string of the molecule is CCn1cnc(S(=O)(=O)NCC(C)(C)C#N)c1. The average Bonchev–Trinajstić information content (AvgIpc) is 2.76. The Morgan fingerprint density at radius 2 is 2.24 bits per heavy atom. The van der Waals surface area contributed by atoms with Crippen molar-refractivity contribution in [2.75, 3.05) is 6.54 Å². The van der Waals surface area contributed by atoms with Gasteiger partial charge in [-0.25, -0.2) is 18.1 Å². The predicted molar refractivity (Wildman–Crippen MR) is 62.5 cm³/mol.